The molecule has 0 aromatic carbocycles. The number of hydrogen-bond donors (Lipinski definition) is 2. The van der Waals surface area contributed by atoms with Crippen LogP contribution in [0.2, 0.25) is 0 Å². The summed E-state index contributed by atoms with van der Waals surface area (Å²) in [6.07, 6.45) is 4.42. The Morgan fingerprint density at radius 1 is 1.15 bits per heavy atom. The topological polar surface area (TPSA) is 90.5 Å². The van der Waals surface area contributed by atoms with E-state index in [0.717, 1.165) is 45.1 Å². The molecule has 26 heavy (non-hydrogen) atoms. The Kier molecular flexibility index (Phi) is 7.77. The van der Waals surface area contributed by atoms with Gasteiger partial charge < -0.3 is 15.5 Å². The van der Waals surface area contributed by atoms with Gasteiger partial charge >= 0.3 is 0 Å². The van der Waals surface area contributed by atoms with Crippen molar-refractivity contribution in [3.05, 3.63) is 18.5 Å². The molecule has 2 amide bonds. The molecule has 0 aliphatic carbocycles. The van der Waals surface area contributed by atoms with Gasteiger partial charge in [0.2, 0.25) is 17.8 Å². The van der Waals surface area contributed by atoms with Gasteiger partial charge in [0.25, 0.3) is 0 Å². The van der Waals surface area contributed by atoms with E-state index in [2.05, 4.69) is 30.4 Å². The maximum absolute atomic E-state index is 12.2. The van der Waals surface area contributed by atoms with E-state index < -0.39 is 6.04 Å². The van der Waals surface area contributed by atoms with Crippen LogP contribution in [0.1, 0.15) is 27.2 Å². The van der Waals surface area contributed by atoms with Crippen molar-refractivity contribution in [3.8, 4) is 0 Å². The number of amides is 2. The number of carbonyl (C=O) groups excluding carboxylic acids is 2. The Labute approximate surface area is 155 Å². The first-order chi connectivity index (χ1) is 12.5. The van der Waals surface area contributed by atoms with Crippen LogP contribution in [0.5, 0.6) is 0 Å². The lowest BCUT2D eigenvalue weighted by Gasteiger charge is -2.34. The molecule has 1 unspecified atom stereocenters. The molecule has 2 N–H and O–H groups in total. The number of anilines is 1. The van der Waals surface area contributed by atoms with E-state index in [0.29, 0.717) is 6.54 Å². The van der Waals surface area contributed by atoms with Crippen LogP contribution in [0.4, 0.5) is 5.95 Å². The fraction of sp³-hybridized carbons (Fsp3) is 0.667. The first kappa shape index (κ1) is 20.1. The predicted molar refractivity (Wildman–Crippen MR) is 101 cm³/mol. The smallest absolute Gasteiger partial charge is 0.242 e. The van der Waals surface area contributed by atoms with Crippen LogP contribution in [-0.2, 0) is 9.59 Å². The first-order valence-electron chi connectivity index (χ1n) is 9.26. The molecule has 2 rings (SSSR count). The summed E-state index contributed by atoms with van der Waals surface area (Å²) in [5, 5.41) is 5.64. The van der Waals surface area contributed by atoms with Crippen LogP contribution in [0.3, 0.4) is 0 Å². The molecule has 0 radical (unpaired) electrons. The molecule has 1 fully saturated rings. The van der Waals surface area contributed by atoms with Crippen molar-refractivity contribution in [2.24, 2.45) is 5.92 Å². The highest BCUT2D eigenvalue weighted by Crippen LogP contribution is 2.09. The average molecular weight is 362 g/mol. The molecule has 144 valence electrons. The monoisotopic (exact) mass is 362 g/mol. The van der Waals surface area contributed by atoms with Gasteiger partial charge in [-0.1, -0.05) is 13.8 Å². The van der Waals surface area contributed by atoms with Crippen molar-refractivity contribution in [3.63, 3.8) is 0 Å². The molecular weight excluding hydrogens is 332 g/mol. The lowest BCUT2D eigenvalue weighted by molar-refractivity contribution is -0.129. The fourth-order valence-electron chi connectivity index (χ4n) is 3.00. The number of nitrogens with zero attached hydrogens (tertiary/aromatic N) is 4. The van der Waals surface area contributed by atoms with E-state index >= 15 is 0 Å². The zero-order chi connectivity index (χ0) is 18.9. The summed E-state index contributed by atoms with van der Waals surface area (Å²) in [5.41, 5.74) is 0. The largest absolute Gasteiger partial charge is 0.354 e. The minimum Gasteiger partial charge on any atom is -0.354 e. The minimum atomic E-state index is -0.470. The van der Waals surface area contributed by atoms with Crippen LogP contribution in [0.25, 0.3) is 0 Å². The van der Waals surface area contributed by atoms with Crippen molar-refractivity contribution in [1.29, 1.82) is 0 Å². The number of carbonyl (C=O) groups is 2. The zero-order valence-corrected chi connectivity index (χ0v) is 15.9. The van der Waals surface area contributed by atoms with Crippen molar-refractivity contribution >= 4 is 17.8 Å². The molecule has 1 atom stereocenters. The van der Waals surface area contributed by atoms with Crippen LogP contribution in [0, 0.1) is 5.92 Å². The van der Waals surface area contributed by atoms with Gasteiger partial charge in [0.15, 0.2) is 0 Å². The second-order valence-electron chi connectivity index (χ2n) is 6.94. The third-order valence-electron chi connectivity index (χ3n) is 4.47. The quantitative estimate of drug-likeness (QED) is 0.645. The Balaban J connectivity index is 1.64. The Morgan fingerprint density at radius 2 is 1.81 bits per heavy atom. The Morgan fingerprint density at radius 3 is 2.38 bits per heavy atom. The summed E-state index contributed by atoms with van der Waals surface area (Å²) in [6.45, 7) is 10.6. The van der Waals surface area contributed by atoms with E-state index in [-0.39, 0.29) is 17.7 Å². The molecule has 8 heteroatoms. The van der Waals surface area contributed by atoms with Gasteiger partial charge in [-0.2, -0.15) is 0 Å². The minimum absolute atomic E-state index is 0.0622. The Hall–Kier alpha value is -2.22. The summed E-state index contributed by atoms with van der Waals surface area (Å²) in [7, 11) is 0. The highest BCUT2D eigenvalue weighted by molar-refractivity contribution is 5.86. The van der Waals surface area contributed by atoms with E-state index in [9.17, 15) is 9.59 Å². The van der Waals surface area contributed by atoms with Gasteiger partial charge in [0.05, 0.1) is 0 Å². The van der Waals surface area contributed by atoms with Crippen LogP contribution >= 0.6 is 0 Å². The molecule has 0 bridgehead atoms. The second kappa shape index (κ2) is 10.1. The molecule has 1 aliphatic heterocycles. The standard InChI is InChI=1S/C18H30N6O2/c1-14(2)16(22-15(3)25)17(26)19-8-5-9-23-10-12-24(13-11-23)18-20-6-4-7-21-18/h4,6-7,14,16H,5,8-13H2,1-3H3,(H,19,26)(H,22,25). The van der Waals surface area contributed by atoms with Gasteiger partial charge in [-0.3, -0.25) is 14.5 Å². The predicted octanol–water partition coefficient (Wildman–Crippen LogP) is 0.266. The first-order valence-corrected chi connectivity index (χ1v) is 9.26. The van der Waals surface area contributed by atoms with Crippen molar-refractivity contribution in [1.82, 2.24) is 25.5 Å². The second-order valence-corrected chi connectivity index (χ2v) is 6.94. The molecule has 1 aromatic rings. The van der Waals surface area contributed by atoms with Crippen LogP contribution < -0.4 is 15.5 Å². The molecule has 2 heterocycles. The molecule has 8 nitrogen and oxygen atoms in total. The molecule has 0 saturated carbocycles. The summed E-state index contributed by atoms with van der Waals surface area (Å²) >= 11 is 0. The van der Waals surface area contributed by atoms with Crippen molar-refractivity contribution < 1.29 is 9.59 Å². The zero-order valence-electron chi connectivity index (χ0n) is 15.9. The van der Waals surface area contributed by atoms with Gasteiger partial charge in [-0.15, -0.1) is 0 Å². The normalized spacial score (nSPS) is 16.4. The van der Waals surface area contributed by atoms with Crippen LogP contribution in [-0.4, -0.2) is 72.0 Å². The third kappa shape index (κ3) is 6.25. The number of hydrogen-bond acceptors (Lipinski definition) is 6. The summed E-state index contributed by atoms with van der Waals surface area (Å²) in [5.74, 6) is 0.560. The highest BCUT2D eigenvalue weighted by Gasteiger charge is 2.23. The molecule has 1 aliphatic rings. The molecule has 0 spiro atoms. The van der Waals surface area contributed by atoms with Gasteiger partial charge in [-0.25, -0.2) is 9.97 Å². The average Bonchev–Trinajstić information content (AvgIpc) is 2.64. The van der Waals surface area contributed by atoms with E-state index in [4.69, 9.17) is 0 Å². The highest BCUT2D eigenvalue weighted by atomic mass is 16.2. The van der Waals surface area contributed by atoms with E-state index in [1.807, 2.05) is 19.9 Å². The number of rotatable bonds is 8. The maximum atomic E-state index is 12.2. The van der Waals surface area contributed by atoms with Gasteiger partial charge in [0.1, 0.15) is 6.04 Å². The maximum Gasteiger partial charge on any atom is 0.242 e. The summed E-state index contributed by atoms with van der Waals surface area (Å²) < 4.78 is 0. The number of aromatic nitrogens is 2. The fourth-order valence-corrected chi connectivity index (χ4v) is 3.00. The molecule has 1 saturated heterocycles. The van der Waals surface area contributed by atoms with E-state index in [1.165, 1.54) is 6.92 Å². The van der Waals surface area contributed by atoms with E-state index in [1.54, 1.807) is 12.4 Å². The number of nitrogens with one attached hydrogen (secondary N) is 2. The lowest BCUT2D eigenvalue weighted by atomic mass is 10.0. The molecular formula is C18H30N6O2. The van der Waals surface area contributed by atoms with Crippen molar-refractivity contribution in [2.75, 3.05) is 44.2 Å². The summed E-state index contributed by atoms with van der Waals surface area (Å²) in [6, 6.07) is 1.35. The Bertz CT molecular complexity index is 572. The van der Waals surface area contributed by atoms with Gasteiger partial charge in [0, 0.05) is 52.0 Å². The number of piperazine rings is 1. The SMILES string of the molecule is CC(=O)NC(C(=O)NCCCN1CCN(c2ncccn2)CC1)C(C)C. The molecule has 1 aromatic heterocycles. The third-order valence-corrected chi connectivity index (χ3v) is 4.47. The van der Waals surface area contributed by atoms with Crippen molar-refractivity contribution in [2.45, 2.75) is 33.2 Å². The van der Waals surface area contributed by atoms with Crippen LogP contribution in [0.15, 0.2) is 18.5 Å². The lowest BCUT2D eigenvalue weighted by Crippen LogP contribution is -2.50. The summed E-state index contributed by atoms with van der Waals surface area (Å²) in [4.78, 5) is 36.6. The van der Waals surface area contributed by atoms with Gasteiger partial charge in [-0.05, 0) is 24.9 Å².